The van der Waals surface area contributed by atoms with Crippen molar-refractivity contribution < 1.29 is 18.0 Å². The molecule has 0 saturated heterocycles. The fourth-order valence-electron chi connectivity index (χ4n) is 1.45. The molecule has 0 radical (unpaired) electrons. The monoisotopic (exact) mass is 289 g/mol. The van der Waals surface area contributed by atoms with Gasteiger partial charge < -0.3 is 5.32 Å². The summed E-state index contributed by atoms with van der Waals surface area (Å²) in [5.74, 6) is -0.357. The summed E-state index contributed by atoms with van der Waals surface area (Å²) in [4.78, 5) is 13.2. The molecule has 0 aromatic carbocycles. The fourth-order valence-corrected chi connectivity index (χ4v) is 2.21. The fraction of sp³-hybridized carbons (Fsp3) is 0.273. The lowest BCUT2D eigenvalue weighted by atomic mass is 10.4. The standard InChI is InChI=1S/C11H10F3N3OS/c1-7-2-3-9(19-7)10(18)16-8-4-15-17(5-8)6-11(12,13)14/h2-5H,6H2,1H3,(H,16,18). The van der Waals surface area contributed by atoms with Crippen LogP contribution in [0.5, 0.6) is 0 Å². The van der Waals surface area contributed by atoms with E-state index in [0.717, 1.165) is 15.8 Å². The van der Waals surface area contributed by atoms with Crippen molar-refractivity contribution in [2.75, 3.05) is 5.32 Å². The third kappa shape index (κ3) is 3.82. The number of nitrogens with one attached hydrogen (secondary N) is 1. The minimum absolute atomic E-state index is 0.236. The zero-order valence-corrected chi connectivity index (χ0v) is 10.7. The lowest BCUT2D eigenvalue weighted by molar-refractivity contribution is -0.142. The van der Waals surface area contributed by atoms with Crippen LogP contribution >= 0.6 is 11.3 Å². The van der Waals surface area contributed by atoms with E-state index in [1.807, 2.05) is 6.92 Å². The number of thiophene rings is 1. The van der Waals surface area contributed by atoms with Gasteiger partial charge in [-0.1, -0.05) is 0 Å². The Bertz CT molecular complexity index is 588. The third-order valence-electron chi connectivity index (χ3n) is 2.20. The lowest BCUT2D eigenvalue weighted by Gasteiger charge is -2.05. The number of nitrogens with zero attached hydrogens (tertiary/aromatic N) is 2. The topological polar surface area (TPSA) is 46.9 Å². The maximum absolute atomic E-state index is 12.1. The maximum atomic E-state index is 12.1. The second kappa shape index (κ2) is 5.04. The minimum Gasteiger partial charge on any atom is -0.319 e. The summed E-state index contributed by atoms with van der Waals surface area (Å²) in [6.45, 7) is 0.684. The van der Waals surface area contributed by atoms with Crippen LogP contribution in [0.3, 0.4) is 0 Å². The molecule has 1 amide bonds. The van der Waals surface area contributed by atoms with Crippen molar-refractivity contribution in [2.24, 2.45) is 0 Å². The van der Waals surface area contributed by atoms with E-state index in [1.165, 1.54) is 17.5 Å². The largest absolute Gasteiger partial charge is 0.408 e. The second-order valence-electron chi connectivity index (χ2n) is 3.91. The molecule has 0 atom stereocenters. The van der Waals surface area contributed by atoms with Crippen molar-refractivity contribution in [3.05, 3.63) is 34.3 Å². The summed E-state index contributed by atoms with van der Waals surface area (Å²) < 4.78 is 37.1. The highest BCUT2D eigenvalue weighted by molar-refractivity contribution is 7.14. The van der Waals surface area contributed by atoms with E-state index in [2.05, 4.69) is 10.4 Å². The van der Waals surface area contributed by atoms with Crippen molar-refractivity contribution in [3.8, 4) is 0 Å². The van der Waals surface area contributed by atoms with Gasteiger partial charge in [0.2, 0.25) is 0 Å². The van der Waals surface area contributed by atoms with Crippen molar-refractivity contribution >= 4 is 22.9 Å². The van der Waals surface area contributed by atoms with Crippen LogP contribution in [0.15, 0.2) is 24.5 Å². The van der Waals surface area contributed by atoms with Crippen molar-refractivity contribution in [2.45, 2.75) is 19.6 Å². The molecule has 102 valence electrons. The zero-order valence-electron chi connectivity index (χ0n) is 9.86. The summed E-state index contributed by atoms with van der Waals surface area (Å²) in [5.41, 5.74) is 0.236. The smallest absolute Gasteiger partial charge is 0.319 e. The average molecular weight is 289 g/mol. The summed E-state index contributed by atoms with van der Waals surface area (Å²) >= 11 is 1.31. The summed E-state index contributed by atoms with van der Waals surface area (Å²) in [5, 5.41) is 6.04. The van der Waals surface area contributed by atoms with Crippen LogP contribution < -0.4 is 5.32 Å². The molecule has 0 aliphatic rings. The first-order valence-corrected chi connectivity index (χ1v) is 6.12. The number of aromatic nitrogens is 2. The van der Waals surface area contributed by atoms with Crippen LogP contribution in [0.2, 0.25) is 0 Å². The van der Waals surface area contributed by atoms with Gasteiger partial charge in [-0.15, -0.1) is 11.3 Å². The van der Waals surface area contributed by atoms with E-state index in [1.54, 1.807) is 12.1 Å². The molecule has 2 rings (SSSR count). The lowest BCUT2D eigenvalue weighted by Crippen LogP contribution is -2.17. The Labute approximate surface area is 110 Å². The predicted molar refractivity (Wildman–Crippen MR) is 65.3 cm³/mol. The molecule has 0 spiro atoms. The molecule has 0 saturated carbocycles. The molecule has 1 N–H and O–H groups in total. The Morgan fingerprint density at radius 3 is 2.79 bits per heavy atom. The van der Waals surface area contributed by atoms with Gasteiger partial charge in [-0.3, -0.25) is 9.48 Å². The van der Waals surface area contributed by atoms with E-state index in [9.17, 15) is 18.0 Å². The molecule has 0 aliphatic carbocycles. The molecule has 0 unspecified atom stereocenters. The van der Waals surface area contributed by atoms with Gasteiger partial charge in [-0.2, -0.15) is 18.3 Å². The number of hydrogen-bond acceptors (Lipinski definition) is 3. The Kier molecular flexibility index (Phi) is 3.61. The first-order valence-electron chi connectivity index (χ1n) is 5.30. The predicted octanol–water partition coefficient (Wildman–Crippen LogP) is 3.07. The number of carbonyl (C=O) groups is 1. The van der Waals surface area contributed by atoms with Gasteiger partial charge in [0, 0.05) is 11.1 Å². The van der Waals surface area contributed by atoms with Gasteiger partial charge in [-0.05, 0) is 19.1 Å². The molecule has 0 bridgehead atoms. The minimum atomic E-state index is -4.34. The molecule has 8 heteroatoms. The molecular formula is C11H10F3N3OS. The summed E-state index contributed by atoms with van der Waals surface area (Å²) in [6.07, 6.45) is -2.01. The number of carbonyl (C=O) groups excluding carboxylic acids is 1. The first kappa shape index (κ1) is 13.6. The van der Waals surface area contributed by atoms with Gasteiger partial charge in [0.15, 0.2) is 0 Å². The van der Waals surface area contributed by atoms with Crippen LogP contribution in [0.25, 0.3) is 0 Å². The van der Waals surface area contributed by atoms with Crippen molar-refractivity contribution in [1.82, 2.24) is 9.78 Å². The molecular weight excluding hydrogens is 279 g/mol. The highest BCUT2D eigenvalue weighted by atomic mass is 32.1. The van der Waals surface area contributed by atoms with E-state index in [0.29, 0.717) is 4.88 Å². The normalized spacial score (nSPS) is 11.6. The molecule has 2 aromatic heterocycles. The van der Waals surface area contributed by atoms with Crippen LogP contribution in [0.1, 0.15) is 14.5 Å². The molecule has 19 heavy (non-hydrogen) atoms. The molecule has 4 nitrogen and oxygen atoms in total. The Hall–Kier alpha value is -1.83. The van der Waals surface area contributed by atoms with E-state index in [-0.39, 0.29) is 11.6 Å². The molecule has 2 heterocycles. The molecule has 2 aromatic rings. The molecule has 0 aliphatic heterocycles. The summed E-state index contributed by atoms with van der Waals surface area (Å²) in [7, 11) is 0. The van der Waals surface area contributed by atoms with E-state index < -0.39 is 12.7 Å². The quantitative estimate of drug-likeness (QED) is 0.944. The summed E-state index contributed by atoms with van der Waals surface area (Å²) in [6, 6.07) is 3.46. The van der Waals surface area contributed by atoms with Gasteiger partial charge in [0.1, 0.15) is 6.54 Å². The van der Waals surface area contributed by atoms with Crippen molar-refractivity contribution in [3.63, 3.8) is 0 Å². The van der Waals surface area contributed by atoms with E-state index >= 15 is 0 Å². The van der Waals surface area contributed by atoms with Gasteiger partial charge in [0.05, 0.1) is 16.8 Å². The van der Waals surface area contributed by atoms with Gasteiger partial charge in [0.25, 0.3) is 5.91 Å². The van der Waals surface area contributed by atoms with Crippen LogP contribution in [-0.2, 0) is 6.54 Å². The maximum Gasteiger partial charge on any atom is 0.408 e. The number of rotatable bonds is 3. The zero-order chi connectivity index (χ0) is 14.0. The number of anilines is 1. The van der Waals surface area contributed by atoms with Crippen LogP contribution in [0, 0.1) is 6.92 Å². The number of hydrogen-bond donors (Lipinski definition) is 1. The Balaban J connectivity index is 2.02. The second-order valence-corrected chi connectivity index (χ2v) is 5.19. The van der Waals surface area contributed by atoms with Gasteiger partial charge >= 0.3 is 6.18 Å². The number of halogens is 3. The van der Waals surface area contributed by atoms with Crippen molar-refractivity contribution in [1.29, 1.82) is 0 Å². The Morgan fingerprint density at radius 2 is 2.21 bits per heavy atom. The number of alkyl halides is 3. The van der Waals surface area contributed by atoms with Gasteiger partial charge in [-0.25, -0.2) is 0 Å². The Morgan fingerprint density at radius 1 is 1.47 bits per heavy atom. The van der Waals surface area contributed by atoms with E-state index in [4.69, 9.17) is 0 Å². The molecule has 0 fully saturated rings. The highest BCUT2D eigenvalue weighted by Gasteiger charge is 2.28. The van der Waals surface area contributed by atoms with Crippen LogP contribution in [0.4, 0.5) is 18.9 Å². The third-order valence-corrected chi connectivity index (χ3v) is 3.20. The number of amides is 1. The first-order chi connectivity index (χ1) is 8.83. The SMILES string of the molecule is Cc1ccc(C(=O)Nc2cnn(CC(F)(F)F)c2)s1. The van der Waals surface area contributed by atoms with Crippen LogP contribution in [-0.4, -0.2) is 21.9 Å². The highest BCUT2D eigenvalue weighted by Crippen LogP contribution is 2.19. The average Bonchev–Trinajstić information content (AvgIpc) is 2.85. The number of aryl methyl sites for hydroxylation is 1.